The van der Waals surface area contributed by atoms with Crippen LogP contribution in [0, 0.1) is 0 Å². The standard InChI is InChI=1S/C15H17ClN2/c1-15(7-3-9-18-15)10-11-5-6-13(16)12-4-2-8-17-14(11)12/h2,4-6,8,18H,3,7,9-10H2,1H3. The maximum Gasteiger partial charge on any atom is 0.0749 e. The summed E-state index contributed by atoms with van der Waals surface area (Å²) in [6.45, 7) is 3.42. The Balaban J connectivity index is 2.04. The van der Waals surface area contributed by atoms with Gasteiger partial charge in [0.05, 0.1) is 5.52 Å². The van der Waals surface area contributed by atoms with Crippen molar-refractivity contribution in [2.75, 3.05) is 6.54 Å². The van der Waals surface area contributed by atoms with Crippen molar-refractivity contribution < 1.29 is 0 Å². The molecule has 1 aromatic carbocycles. The molecule has 1 atom stereocenters. The molecule has 2 heterocycles. The largest absolute Gasteiger partial charge is 0.311 e. The fourth-order valence-corrected chi connectivity index (χ4v) is 3.08. The summed E-state index contributed by atoms with van der Waals surface area (Å²) < 4.78 is 0. The van der Waals surface area contributed by atoms with E-state index in [1.807, 2.05) is 24.4 Å². The monoisotopic (exact) mass is 260 g/mol. The van der Waals surface area contributed by atoms with Crippen LogP contribution in [0.5, 0.6) is 0 Å². The highest BCUT2D eigenvalue weighted by Gasteiger charge is 2.28. The van der Waals surface area contributed by atoms with E-state index in [-0.39, 0.29) is 5.54 Å². The zero-order chi connectivity index (χ0) is 12.6. The van der Waals surface area contributed by atoms with Crippen LogP contribution < -0.4 is 5.32 Å². The van der Waals surface area contributed by atoms with Crippen molar-refractivity contribution in [3.05, 3.63) is 41.0 Å². The number of benzene rings is 1. The van der Waals surface area contributed by atoms with E-state index in [9.17, 15) is 0 Å². The van der Waals surface area contributed by atoms with E-state index >= 15 is 0 Å². The normalized spacial score (nSPS) is 23.7. The van der Waals surface area contributed by atoms with Crippen LogP contribution in [0.15, 0.2) is 30.5 Å². The summed E-state index contributed by atoms with van der Waals surface area (Å²) in [5.74, 6) is 0. The molecule has 0 spiro atoms. The van der Waals surface area contributed by atoms with Gasteiger partial charge in [-0.1, -0.05) is 17.7 Å². The van der Waals surface area contributed by atoms with E-state index in [1.165, 1.54) is 18.4 Å². The van der Waals surface area contributed by atoms with Crippen molar-refractivity contribution in [2.45, 2.75) is 31.7 Å². The highest BCUT2D eigenvalue weighted by atomic mass is 35.5. The number of nitrogens with one attached hydrogen (secondary N) is 1. The first-order valence-corrected chi connectivity index (χ1v) is 6.83. The molecule has 0 amide bonds. The van der Waals surface area contributed by atoms with Gasteiger partial charge < -0.3 is 5.32 Å². The first-order chi connectivity index (χ1) is 8.68. The molecule has 0 aliphatic carbocycles. The maximum absolute atomic E-state index is 6.22. The number of hydrogen-bond donors (Lipinski definition) is 1. The molecule has 1 aromatic heterocycles. The lowest BCUT2D eigenvalue weighted by molar-refractivity contribution is 0.413. The highest BCUT2D eigenvalue weighted by molar-refractivity contribution is 6.35. The molecule has 18 heavy (non-hydrogen) atoms. The third-order valence-electron chi connectivity index (χ3n) is 3.84. The van der Waals surface area contributed by atoms with Crippen molar-refractivity contribution in [3.63, 3.8) is 0 Å². The number of aromatic nitrogens is 1. The Kier molecular flexibility index (Phi) is 3.00. The number of rotatable bonds is 2. The van der Waals surface area contributed by atoms with Gasteiger partial charge in [0.1, 0.15) is 0 Å². The zero-order valence-corrected chi connectivity index (χ0v) is 11.3. The smallest absolute Gasteiger partial charge is 0.0749 e. The summed E-state index contributed by atoms with van der Waals surface area (Å²) in [4.78, 5) is 4.50. The predicted octanol–water partition coefficient (Wildman–Crippen LogP) is 3.57. The van der Waals surface area contributed by atoms with Gasteiger partial charge in [-0.15, -0.1) is 0 Å². The molecule has 1 fully saturated rings. The second-order valence-corrected chi connectivity index (χ2v) is 5.78. The zero-order valence-electron chi connectivity index (χ0n) is 10.5. The Hall–Kier alpha value is -1.12. The predicted molar refractivity (Wildman–Crippen MR) is 76.1 cm³/mol. The lowest BCUT2D eigenvalue weighted by Gasteiger charge is -2.25. The van der Waals surface area contributed by atoms with E-state index in [2.05, 4.69) is 23.3 Å². The average Bonchev–Trinajstić information content (AvgIpc) is 2.80. The summed E-state index contributed by atoms with van der Waals surface area (Å²) in [7, 11) is 0. The second kappa shape index (κ2) is 4.52. The van der Waals surface area contributed by atoms with E-state index < -0.39 is 0 Å². The van der Waals surface area contributed by atoms with E-state index in [0.29, 0.717) is 0 Å². The van der Waals surface area contributed by atoms with Gasteiger partial charge in [0.2, 0.25) is 0 Å². The lowest BCUT2D eigenvalue weighted by atomic mass is 9.90. The van der Waals surface area contributed by atoms with Crippen LogP contribution in [-0.4, -0.2) is 17.1 Å². The second-order valence-electron chi connectivity index (χ2n) is 5.37. The molecule has 3 rings (SSSR count). The van der Waals surface area contributed by atoms with Gasteiger partial charge in [0.15, 0.2) is 0 Å². The molecule has 1 N–H and O–H groups in total. The minimum Gasteiger partial charge on any atom is -0.311 e. The quantitative estimate of drug-likeness (QED) is 0.893. The molecule has 0 bridgehead atoms. The van der Waals surface area contributed by atoms with Crippen LogP contribution in [0.4, 0.5) is 0 Å². The Labute approximate surface area is 112 Å². The Morgan fingerprint density at radius 2 is 2.28 bits per heavy atom. The van der Waals surface area contributed by atoms with Crippen LogP contribution in [-0.2, 0) is 6.42 Å². The molecule has 1 aliphatic rings. The number of hydrogen-bond acceptors (Lipinski definition) is 2. The summed E-state index contributed by atoms with van der Waals surface area (Å²) in [6.07, 6.45) is 5.34. The molecule has 0 radical (unpaired) electrons. The van der Waals surface area contributed by atoms with Crippen LogP contribution in [0.1, 0.15) is 25.3 Å². The van der Waals surface area contributed by atoms with Crippen molar-refractivity contribution in [3.8, 4) is 0 Å². The molecule has 3 heteroatoms. The Morgan fingerprint density at radius 1 is 1.39 bits per heavy atom. The first kappa shape index (κ1) is 11.9. The van der Waals surface area contributed by atoms with E-state index in [4.69, 9.17) is 11.6 Å². The molecule has 1 unspecified atom stereocenters. The van der Waals surface area contributed by atoms with Crippen molar-refractivity contribution in [1.29, 1.82) is 0 Å². The van der Waals surface area contributed by atoms with Gasteiger partial charge in [-0.25, -0.2) is 0 Å². The fourth-order valence-electron chi connectivity index (χ4n) is 2.87. The van der Waals surface area contributed by atoms with Gasteiger partial charge >= 0.3 is 0 Å². The lowest BCUT2D eigenvalue weighted by Crippen LogP contribution is -2.38. The minimum absolute atomic E-state index is 0.207. The highest BCUT2D eigenvalue weighted by Crippen LogP contribution is 2.29. The van der Waals surface area contributed by atoms with Crippen molar-refractivity contribution in [2.24, 2.45) is 0 Å². The van der Waals surface area contributed by atoms with Gasteiger partial charge in [0.25, 0.3) is 0 Å². The van der Waals surface area contributed by atoms with Gasteiger partial charge in [-0.05, 0) is 56.5 Å². The molecule has 2 aromatic rings. The molecular formula is C15H17ClN2. The number of pyridine rings is 1. The summed E-state index contributed by atoms with van der Waals surface area (Å²) in [5.41, 5.74) is 2.53. The topological polar surface area (TPSA) is 24.9 Å². The molecular weight excluding hydrogens is 244 g/mol. The molecule has 2 nitrogen and oxygen atoms in total. The van der Waals surface area contributed by atoms with Gasteiger partial charge in [0, 0.05) is 22.1 Å². The number of halogens is 1. The SMILES string of the molecule is CC1(Cc2ccc(Cl)c3cccnc23)CCCN1. The maximum atomic E-state index is 6.22. The van der Waals surface area contributed by atoms with E-state index in [0.717, 1.165) is 28.9 Å². The fraction of sp³-hybridized carbons (Fsp3) is 0.400. The minimum atomic E-state index is 0.207. The molecule has 0 saturated carbocycles. The average molecular weight is 261 g/mol. The summed E-state index contributed by atoms with van der Waals surface area (Å²) >= 11 is 6.22. The van der Waals surface area contributed by atoms with Crippen LogP contribution in [0.3, 0.4) is 0 Å². The van der Waals surface area contributed by atoms with Gasteiger partial charge in [-0.3, -0.25) is 4.98 Å². The van der Waals surface area contributed by atoms with Crippen LogP contribution in [0.2, 0.25) is 5.02 Å². The van der Waals surface area contributed by atoms with Crippen molar-refractivity contribution >= 4 is 22.5 Å². The number of nitrogens with zero attached hydrogens (tertiary/aromatic N) is 1. The van der Waals surface area contributed by atoms with Crippen LogP contribution in [0.25, 0.3) is 10.9 Å². The first-order valence-electron chi connectivity index (χ1n) is 6.45. The van der Waals surface area contributed by atoms with Gasteiger partial charge in [-0.2, -0.15) is 0 Å². The van der Waals surface area contributed by atoms with Crippen molar-refractivity contribution in [1.82, 2.24) is 10.3 Å². The summed E-state index contributed by atoms with van der Waals surface area (Å²) in [5, 5.41) is 5.44. The third kappa shape index (κ3) is 2.11. The molecule has 1 saturated heterocycles. The van der Waals surface area contributed by atoms with E-state index in [1.54, 1.807) is 0 Å². The molecule has 94 valence electrons. The molecule has 1 aliphatic heterocycles. The Bertz CT molecular complexity index is 574. The number of fused-ring (bicyclic) bond motifs is 1. The third-order valence-corrected chi connectivity index (χ3v) is 4.17. The summed E-state index contributed by atoms with van der Waals surface area (Å²) in [6, 6.07) is 8.08. The van der Waals surface area contributed by atoms with Crippen LogP contribution >= 0.6 is 11.6 Å². The Morgan fingerprint density at radius 3 is 3.06 bits per heavy atom.